The Morgan fingerprint density at radius 1 is 1.33 bits per heavy atom. The van der Waals surface area contributed by atoms with Gasteiger partial charge in [-0.1, -0.05) is 6.07 Å². The molecule has 0 fully saturated rings. The number of benzene rings is 1. The first-order chi connectivity index (χ1) is 7.08. The van der Waals surface area contributed by atoms with Crippen LogP contribution in [-0.2, 0) is 0 Å². The van der Waals surface area contributed by atoms with Crippen LogP contribution in [0.15, 0.2) is 29.1 Å². The molecule has 5 heteroatoms. The number of carboxylic acids is 1. The number of nitrogens with two attached hydrogens (primary N) is 1. The molecule has 0 saturated carbocycles. The van der Waals surface area contributed by atoms with E-state index in [1.54, 1.807) is 18.2 Å². The lowest BCUT2D eigenvalue weighted by atomic mass is 10.1. The standard InChI is InChI=1S/C10H8N2O3/c11-6-2-1-5-3-7(10(14)15)9(13)12-8(5)4-6/h1-4H,11H2,(H,12,13)(H,14,15). The molecule has 15 heavy (non-hydrogen) atoms. The number of nitrogens with one attached hydrogen (secondary N) is 1. The summed E-state index contributed by atoms with van der Waals surface area (Å²) in [7, 11) is 0. The molecule has 76 valence electrons. The molecule has 0 atom stereocenters. The lowest BCUT2D eigenvalue weighted by molar-refractivity contribution is 0.0695. The van der Waals surface area contributed by atoms with Crippen molar-refractivity contribution in [3.63, 3.8) is 0 Å². The van der Waals surface area contributed by atoms with Gasteiger partial charge in [0.2, 0.25) is 0 Å². The molecule has 0 aliphatic carbocycles. The first-order valence-electron chi connectivity index (χ1n) is 4.24. The largest absolute Gasteiger partial charge is 0.477 e. The minimum absolute atomic E-state index is 0.271. The monoisotopic (exact) mass is 204 g/mol. The van der Waals surface area contributed by atoms with Gasteiger partial charge in [0.05, 0.1) is 5.52 Å². The van der Waals surface area contributed by atoms with Gasteiger partial charge in [0.15, 0.2) is 0 Å². The Hall–Kier alpha value is -2.30. The highest BCUT2D eigenvalue weighted by Gasteiger charge is 2.09. The lowest BCUT2D eigenvalue weighted by Gasteiger charge is -2.00. The molecule has 4 N–H and O–H groups in total. The van der Waals surface area contributed by atoms with E-state index in [4.69, 9.17) is 10.8 Å². The second-order valence-electron chi connectivity index (χ2n) is 3.16. The van der Waals surface area contributed by atoms with Crippen LogP contribution in [-0.4, -0.2) is 16.1 Å². The highest BCUT2D eigenvalue weighted by atomic mass is 16.4. The van der Waals surface area contributed by atoms with Gasteiger partial charge in [-0.2, -0.15) is 0 Å². The normalized spacial score (nSPS) is 10.4. The van der Waals surface area contributed by atoms with E-state index in [0.29, 0.717) is 16.6 Å². The van der Waals surface area contributed by atoms with Gasteiger partial charge in [-0.05, 0) is 23.6 Å². The van der Waals surface area contributed by atoms with E-state index in [-0.39, 0.29) is 5.56 Å². The van der Waals surface area contributed by atoms with E-state index in [9.17, 15) is 9.59 Å². The highest BCUT2D eigenvalue weighted by Crippen LogP contribution is 2.14. The molecule has 1 aromatic heterocycles. The van der Waals surface area contributed by atoms with Crippen LogP contribution in [0.5, 0.6) is 0 Å². The maximum Gasteiger partial charge on any atom is 0.341 e. The third-order valence-corrected chi connectivity index (χ3v) is 2.10. The van der Waals surface area contributed by atoms with Crippen molar-refractivity contribution in [2.45, 2.75) is 0 Å². The Bertz CT molecular complexity index is 601. The van der Waals surface area contributed by atoms with Gasteiger partial charge in [-0.3, -0.25) is 4.79 Å². The number of hydrogen-bond acceptors (Lipinski definition) is 3. The molecule has 0 saturated heterocycles. The molecule has 0 unspecified atom stereocenters. The predicted molar refractivity (Wildman–Crippen MR) is 55.9 cm³/mol. The number of anilines is 1. The maximum atomic E-state index is 11.3. The van der Waals surface area contributed by atoms with Crippen molar-refractivity contribution in [3.8, 4) is 0 Å². The summed E-state index contributed by atoms with van der Waals surface area (Å²) < 4.78 is 0. The number of aromatic nitrogens is 1. The Morgan fingerprint density at radius 2 is 2.07 bits per heavy atom. The molecule has 0 radical (unpaired) electrons. The number of nitrogen functional groups attached to an aromatic ring is 1. The van der Waals surface area contributed by atoms with Gasteiger partial charge in [-0.15, -0.1) is 0 Å². The summed E-state index contributed by atoms with van der Waals surface area (Å²) in [4.78, 5) is 24.5. The molecule has 0 bridgehead atoms. The number of carbonyl (C=O) groups is 1. The quantitative estimate of drug-likeness (QED) is 0.599. The highest BCUT2D eigenvalue weighted by molar-refractivity contribution is 5.92. The molecule has 0 aliphatic rings. The van der Waals surface area contributed by atoms with E-state index < -0.39 is 11.5 Å². The molecule has 1 heterocycles. The minimum atomic E-state index is -1.24. The van der Waals surface area contributed by atoms with E-state index in [1.807, 2.05) is 0 Å². The number of aromatic amines is 1. The molecular formula is C10H8N2O3. The number of hydrogen-bond donors (Lipinski definition) is 3. The lowest BCUT2D eigenvalue weighted by Crippen LogP contribution is -2.16. The van der Waals surface area contributed by atoms with Crippen LogP contribution in [0, 0.1) is 0 Å². The molecule has 0 aliphatic heterocycles. The third kappa shape index (κ3) is 1.54. The number of H-pyrrole nitrogens is 1. The Balaban J connectivity index is 2.82. The van der Waals surface area contributed by atoms with Crippen LogP contribution in [0.2, 0.25) is 0 Å². The summed E-state index contributed by atoms with van der Waals surface area (Å²) in [5.74, 6) is -1.24. The zero-order valence-corrected chi connectivity index (χ0v) is 7.65. The van der Waals surface area contributed by atoms with Crippen molar-refractivity contribution in [1.82, 2.24) is 4.98 Å². The van der Waals surface area contributed by atoms with E-state index in [0.717, 1.165) is 0 Å². The van der Waals surface area contributed by atoms with Crippen molar-refractivity contribution in [3.05, 3.63) is 40.2 Å². The molecule has 2 rings (SSSR count). The van der Waals surface area contributed by atoms with Crippen molar-refractivity contribution >= 4 is 22.6 Å². The Labute approximate surface area is 84.2 Å². The third-order valence-electron chi connectivity index (χ3n) is 2.10. The average Bonchev–Trinajstić information content (AvgIpc) is 2.15. The number of aromatic carboxylic acids is 1. The molecule has 0 amide bonds. The second kappa shape index (κ2) is 3.13. The molecule has 5 nitrogen and oxygen atoms in total. The minimum Gasteiger partial charge on any atom is -0.477 e. The zero-order valence-electron chi connectivity index (χ0n) is 7.65. The van der Waals surface area contributed by atoms with Crippen LogP contribution >= 0.6 is 0 Å². The smallest absolute Gasteiger partial charge is 0.341 e. The molecule has 0 spiro atoms. The van der Waals surface area contributed by atoms with Gasteiger partial charge in [0.1, 0.15) is 5.56 Å². The first kappa shape index (κ1) is 9.26. The van der Waals surface area contributed by atoms with Crippen molar-refractivity contribution in [1.29, 1.82) is 0 Å². The maximum absolute atomic E-state index is 11.3. The van der Waals surface area contributed by atoms with Crippen molar-refractivity contribution < 1.29 is 9.90 Å². The average molecular weight is 204 g/mol. The van der Waals surface area contributed by atoms with Gasteiger partial charge in [-0.25, -0.2) is 4.79 Å². The van der Waals surface area contributed by atoms with Crippen LogP contribution in [0.25, 0.3) is 10.9 Å². The SMILES string of the molecule is Nc1ccc2cc(C(=O)O)c(=O)[nH]c2c1. The van der Waals surface area contributed by atoms with Crippen LogP contribution in [0.1, 0.15) is 10.4 Å². The second-order valence-corrected chi connectivity index (χ2v) is 3.16. The fraction of sp³-hybridized carbons (Fsp3) is 0. The summed E-state index contributed by atoms with van der Waals surface area (Å²) in [6.45, 7) is 0. The van der Waals surface area contributed by atoms with Crippen molar-refractivity contribution in [2.75, 3.05) is 5.73 Å². The Morgan fingerprint density at radius 3 is 2.73 bits per heavy atom. The fourth-order valence-corrected chi connectivity index (χ4v) is 1.38. The summed E-state index contributed by atoms with van der Waals surface area (Å²) in [5, 5.41) is 9.38. The van der Waals surface area contributed by atoms with Gasteiger partial charge >= 0.3 is 5.97 Å². The summed E-state index contributed by atoms with van der Waals surface area (Å²) >= 11 is 0. The van der Waals surface area contributed by atoms with Crippen LogP contribution in [0.3, 0.4) is 0 Å². The first-order valence-corrected chi connectivity index (χ1v) is 4.24. The molecular weight excluding hydrogens is 196 g/mol. The fourth-order valence-electron chi connectivity index (χ4n) is 1.38. The summed E-state index contributed by atoms with van der Waals surface area (Å²) in [6.07, 6.45) is 0. The van der Waals surface area contributed by atoms with Crippen LogP contribution < -0.4 is 11.3 Å². The van der Waals surface area contributed by atoms with E-state index in [2.05, 4.69) is 4.98 Å². The number of rotatable bonds is 1. The van der Waals surface area contributed by atoms with Crippen LogP contribution in [0.4, 0.5) is 5.69 Å². The number of fused-ring (bicyclic) bond motifs is 1. The zero-order chi connectivity index (χ0) is 11.0. The van der Waals surface area contributed by atoms with E-state index in [1.165, 1.54) is 6.07 Å². The van der Waals surface area contributed by atoms with Gasteiger partial charge in [0.25, 0.3) is 5.56 Å². The number of pyridine rings is 1. The summed E-state index contributed by atoms with van der Waals surface area (Å²) in [6, 6.07) is 6.22. The topological polar surface area (TPSA) is 96.2 Å². The molecule has 1 aromatic carbocycles. The molecule has 2 aromatic rings. The summed E-state index contributed by atoms with van der Waals surface area (Å²) in [5.41, 5.74) is 5.69. The number of carboxylic acid groups (broad SMARTS) is 1. The Kier molecular flexibility index (Phi) is 1.93. The van der Waals surface area contributed by atoms with Crippen molar-refractivity contribution in [2.24, 2.45) is 0 Å². The van der Waals surface area contributed by atoms with Gasteiger partial charge < -0.3 is 15.8 Å². The predicted octanol–water partition coefficient (Wildman–Crippen LogP) is 0.809. The van der Waals surface area contributed by atoms with E-state index >= 15 is 0 Å². The van der Waals surface area contributed by atoms with Gasteiger partial charge in [0, 0.05) is 5.69 Å².